The summed E-state index contributed by atoms with van der Waals surface area (Å²) in [5, 5.41) is 5.33. The molecule has 142 valence electrons. The minimum atomic E-state index is -3.43. The third-order valence-electron chi connectivity index (χ3n) is 3.34. The largest absolute Gasteiger partial charge is 0.493 e. The van der Waals surface area contributed by atoms with Gasteiger partial charge in [-0.15, -0.1) is 0 Å². The van der Waals surface area contributed by atoms with E-state index in [1.807, 2.05) is 13.8 Å². The molecule has 0 heterocycles. The molecule has 8 nitrogen and oxygen atoms in total. The van der Waals surface area contributed by atoms with Gasteiger partial charge in [-0.25, -0.2) is 13.2 Å². The Hall–Kier alpha value is -2.00. The summed E-state index contributed by atoms with van der Waals surface area (Å²) < 4.78 is 35.7. The highest BCUT2D eigenvalue weighted by Gasteiger charge is 2.18. The van der Waals surface area contributed by atoms with Gasteiger partial charge in [-0.3, -0.25) is 0 Å². The van der Waals surface area contributed by atoms with Gasteiger partial charge in [-0.2, -0.15) is 4.31 Å². The lowest BCUT2D eigenvalue weighted by Gasteiger charge is -2.21. The normalized spacial score (nSPS) is 11.5. The van der Waals surface area contributed by atoms with Crippen LogP contribution < -0.4 is 20.1 Å². The van der Waals surface area contributed by atoms with E-state index in [2.05, 4.69) is 10.6 Å². The van der Waals surface area contributed by atoms with Crippen LogP contribution in [0.15, 0.2) is 18.2 Å². The Kier molecular flexibility index (Phi) is 7.98. The highest BCUT2D eigenvalue weighted by atomic mass is 32.2. The minimum Gasteiger partial charge on any atom is -0.493 e. The second kappa shape index (κ2) is 9.47. The van der Waals surface area contributed by atoms with E-state index in [-0.39, 0.29) is 31.7 Å². The second-order valence-corrected chi connectivity index (χ2v) is 7.82. The van der Waals surface area contributed by atoms with E-state index in [1.165, 1.54) is 18.5 Å². The van der Waals surface area contributed by atoms with Gasteiger partial charge < -0.3 is 20.1 Å². The van der Waals surface area contributed by atoms with Crippen molar-refractivity contribution in [3.05, 3.63) is 23.8 Å². The SMILES string of the molecule is COc1ccc(CN(CCNC(=O)NC(C)C)S(C)(=O)=O)cc1OC. The maximum atomic E-state index is 12.0. The summed E-state index contributed by atoms with van der Waals surface area (Å²) in [4.78, 5) is 11.6. The van der Waals surface area contributed by atoms with Crippen molar-refractivity contribution in [1.82, 2.24) is 14.9 Å². The van der Waals surface area contributed by atoms with Crippen LogP contribution >= 0.6 is 0 Å². The van der Waals surface area contributed by atoms with Crippen LogP contribution in [-0.4, -0.2) is 58.4 Å². The molecule has 0 radical (unpaired) electrons. The molecule has 2 amide bonds. The van der Waals surface area contributed by atoms with Gasteiger partial charge in [0.15, 0.2) is 11.5 Å². The van der Waals surface area contributed by atoms with Gasteiger partial charge >= 0.3 is 6.03 Å². The van der Waals surface area contributed by atoms with Crippen LogP contribution in [0.1, 0.15) is 19.4 Å². The van der Waals surface area contributed by atoms with Crippen molar-refractivity contribution >= 4 is 16.1 Å². The number of hydrogen-bond acceptors (Lipinski definition) is 5. The van der Waals surface area contributed by atoms with Crippen LogP contribution in [-0.2, 0) is 16.6 Å². The first-order valence-electron chi connectivity index (χ1n) is 7.87. The number of carbonyl (C=O) groups excluding carboxylic acids is 1. The predicted molar refractivity (Wildman–Crippen MR) is 96.5 cm³/mol. The van der Waals surface area contributed by atoms with E-state index in [4.69, 9.17) is 9.47 Å². The molecule has 0 aliphatic heterocycles. The van der Waals surface area contributed by atoms with Crippen molar-refractivity contribution in [2.75, 3.05) is 33.6 Å². The maximum Gasteiger partial charge on any atom is 0.315 e. The van der Waals surface area contributed by atoms with Gasteiger partial charge in [0.1, 0.15) is 0 Å². The van der Waals surface area contributed by atoms with Crippen LogP contribution in [0.4, 0.5) is 4.79 Å². The standard InChI is InChI=1S/C16H27N3O5S/c1-12(2)18-16(20)17-8-9-19(25(5,21)22)11-13-6-7-14(23-3)15(10-13)24-4/h6-7,10,12H,8-9,11H2,1-5H3,(H2,17,18,20). The molecule has 25 heavy (non-hydrogen) atoms. The fourth-order valence-electron chi connectivity index (χ4n) is 2.15. The summed E-state index contributed by atoms with van der Waals surface area (Å²) in [6, 6.07) is 4.92. The average molecular weight is 373 g/mol. The van der Waals surface area contributed by atoms with Crippen LogP contribution in [0.3, 0.4) is 0 Å². The highest BCUT2D eigenvalue weighted by Crippen LogP contribution is 2.28. The van der Waals surface area contributed by atoms with E-state index in [0.717, 1.165) is 11.8 Å². The van der Waals surface area contributed by atoms with Gasteiger partial charge in [0.2, 0.25) is 10.0 Å². The van der Waals surface area contributed by atoms with Crippen molar-refractivity contribution in [2.24, 2.45) is 0 Å². The topological polar surface area (TPSA) is 97.0 Å². The summed E-state index contributed by atoms with van der Waals surface area (Å²) in [6.45, 7) is 4.24. The molecule has 0 unspecified atom stereocenters. The monoisotopic (exact) mass is 373 g/mol. The Morgan fingerprint density at radius 2 is 1.84 bits per heavy atom. The van der Waals surface area contributed by atoms with Crippen molar-refractivity contribution < 1.29 is 22.7 Å². The Morgan fingerprint density at radius 3 is 2.36 bits per heavy atom. The molecule has 9 heteroatoms. The number of sulfonamides is 1. The van der Waals surface area contributed by atoms with Crippen LogP contribution in [0, 0.1) is 0 Å². The molecule has 0 aliphatic carbocycles. The van der Waals surface area contributed by atoms with Crippen molar-refractivity contribution in [3.8, 4) is 11.5 Å². The lowest BCUT2D eigenvalue weighted by Crippen LogP contribution is -2.43. The van der Waals surface area contributed by atoms with Crippen LogP contribution in [0.25, 0.3) is 0 Å². The molecule has 0 aliphatic rings. The van der Waals surface area contributed by atoms with E-state index < -0.39 is 10.0 Å². The van der Waals surface area contributed by atoms with Gasteiger partial charge in [0.05, 0.1) is 20.5 Å². The molecule has 1 rings (SSSR count). The molecule has 0 saturated heterocycles. The summed E-state index contributed by atoms with van der Waals surface area (Å²) >= 11 is 0. The third kappa shape index (κ3) is 7.18. The van der Waals surface area contributed by atoms with Gasteiger partial charge in [0.25, 0.3) is 0 Å². The number of rotatable bonds is 9. The highest BCUT2D eigenvalue weighted by molar-refractivity contribution is 7.88. The Morgan fingerprint density at radius 1 is 1.20 bits per heavy atom. The van der Waals surface area contributed by atoms with Crippen molar-refractivity contribution in [3.63, 3.8) is 0 Å². The minimum absolute atomic E-state index is 0.0118. The zero-order chi connectivity index (χ0) is 19.0. The van der Waals surface area contributed by atoms with Crippen LogP contribution in [0.5, 0.6) is 11.5 Å². The molecular formula is C16H27N3O5S. The summed E-state index contributed by atoms with van der Waals surface area (Å²) in [7, 11) is -0.373. The number of benzene rings is 1. The smallest absolute Gasteiger partial charge is 0.315 e. The molecule has 0 atom stereocenters. The first-order valence-corrected chi connectivity index (χ1v) is 9.72. The maximum absolute atomic E-state index is 12.0. The zero-order valence-corrected chi connectivity index (χ0v) is 16.1. The number of hydrogen-bond donors (Lipinski definition) is 2. The van der Waals surface area contributed by atoms with Gasteiger partial charge in [-0.05, 0) is 31.5 Å². The van der Waals surface area contributed by atoms with Crippen LogP contribution in [0.2, 0.25) is 0 Å². The number of amides is 2. The van der Waals surface area contributed by atoms with Crippen molar-refractivity contribution in [2.45, 2.75) is 26.4 Å². The molecule has 0 spiro atoms. The molecule has 1 aromatic carbocycles. The van der Waals surface area contributed by atoms with E-state index >= 15 is 0 Å². The first-order chi connectivity index (χ1) is 11.7. The zero-order valence-electron chi connectivity index (χ0n) is 15.3. The molecule has 2 N–H and O–H groups in total. The lowest BCUT2D eigenvalue weighted by molar-refractivity contribution is 0.237. The summed E-state index contributed by atoms with van der Waals surface area (Å²) in [5.74, 6) is 1.10. The number of ether oxygens (including phenoxy) is 2. The quantitative estimate of drug-likeness (QED) is 0.677. The summed E-state index contributed by atoms with van der Waals surface area (Å²) in [5.41, 5.74) is 0.759. The molecule has 0 bridgehead atoms. The van der Waals surface area contributed by atoms with Gasteiger partial charge in [-0.1, -0.05) is 6.07 Å². The molecule has 0 aromatic heterocycles. The lowest BCUT2D eigenvalue weighted by atomic mass is 10.2. The number of nitrogens with one attached hydrogen (secondary N) is 2. The predicted octanol–water partition coefficient (Wildman–Crippen LogP) is 1.17. The third-order valence-corrected chi connectivity index (χ3v) is 4.59. The number of carbonyl (C=O) groups is 1. The molecule has 0 fully saturated rings. The Bertz CT molecular complexity index is 676. The number of methoxy groups -OCH3 is 2. The summed E-state index contributed by atoms with van der Waals surface area (Å²) in [6.07, 6.45) is 1.14. The molecule has 1 aromatic rings. The first kappa shape index (κ1) is 21.0. The fourth-order valence-corrected chi connectivity index (χ4v) is 2.96. The molecule has 0 saturated carbocycles. The number of urea groups is 1. The Labute approximate surface area is 149 Å². The second-order valence-electron chi connectivity index (χ2n) is 5.84. The molecular weight excluding hydrogens is 346 g/mol. The van der Waals surface area contributed by atoms with E-state index in [1.54, 1.807) is 18.2 Å². The fraction of sp³-hybridized carbons (Fsp3) is 0.562. The number of nitrogens with zero attached hydrogens (tertiary/aromatic N) is 1. The van der Waals surface area contributed by atoms with Crippen molar-refractivity contribution in [1.29, 1.82) is 0 Å². The average Bonchev–Trinajstić information content (AvgIpc) is 2.52. The van der Waals surface area contributed by atoms with E-state index in [0.29, 0.717) is 11.5 Å². The Balaban J connectivity index is 2.76. The van der Waals surface area contributed by atoms with Gasteiger partial charge in [0, 0.05) is 25.7 Å². The van der Waals surface area contributed by atoms with E-state index in [9.17, 15) is 13.2 Å².